The highest BCUT2D eigenvalue weighted by Crippen LogP contribution is 2.20. The smallest absolute Gasteiger partial charge is 0.359 e. The van der Waals surface area contributed by atoms with Crippen molar-refractivity contribution in [3.05, 3.63) is 95.6 Å². The van der Waals surface area contributed by atoms with Gasteiger partial charge in [0.25, 0.3) is 0 Å². The molecule has 0 saturated carbocycles. The summed E-state index contributed by atoms with van der Waals surface area (Å²) in [6.07, 6.45) is 1.67. The van der Waals surface area contributed by atoms with E-state index in [1.165, 1.54) is 0 Å². The lowest BCUT2D eigenvalue weighted by Crippen LogP contribution is -2.42. The van der Waals surface area contributed by atoms with Crippen molar-refractivity contribution in [1.29, 1.82) is 5.26 Å². The molecule has 0 aliphatic carbocycles. The van der Waals surface area contributed by atoms with Gasteiger partial charge in [0.05, 0.1) is 11.6 Å². The number of phenolic OH excluding ortho intramolecular Hbond substituents is 1. The van der Waals surface area contributed by atoms with E-state index in [2.05, 4.69) is 4.98 Å². The number of nitriles is 1. The zero-order valence-corrected chi connectivity index (χ0v) is 15.6. The van der Waals surface area contributed by atoms with Gasteiger partial charge in [-0.2, -0.15) is 5.26 Å². The van der Waals surface area contributed by atoms with Crippen LogP contribution in [0.15, 0.2) is 85.1 Å². The molecule has 1 heterocycles. The van der Waals surface area contributed by atoms with Gasteiger partial charge < -0.3 is 10.1 Å². The van der Waals surface area contributed by atoms with Gasteiger partial charge in [0.15, 0.2) is 0 Å². The fourth-order valence-corrected chi connectivity index (χ4v) is 2.90. The fraction of sp³-hybridized carbons (Fsp3) is 0. The van der Waals surface area contributed by atoms with Crippen LogP contribution in [0.25, 0.3) is 10.9 Å². The molecule has 2 N–H and O–H groups in total. The van der Waals surface area contributed by atoms with Gasteiger partial charge in [-0.15, -0.1) is 0 Å². The third-order valence-electron chi connectivity index (χ3n) is 4.13. The zero-order valence-electron chi connectivity index (χ0n) is 14.8. The van der Waals surface area contributed by atoms with E-state index in [9.17, 15) is 10.1 Å². The van der Waals surface area contributed by atoms with Gasteiger partial charge in [-0.05, 0) is 47.3 Å². The summed E-state index contributed by atoms with van der Waals surface area (Å²) in [7, 11) is 0. The van der Waals surface area contributed by atoms with Crippen LogP contribution in [-0.4, -0.2) is 22.0 Å². The number of hydrogen-bond donors (Lipinski definition) is 2. The Kier molecular flexibility index (Phi) is 6.28. The SMILES string of the molecule is N#Cc1ccc(B(O)c2cccc(Cl)c2)cc1.Oc1cccc2cccnc12. The second-order valence-electron chi connectivity index (χ2n) is 6.04. The lowest BCUT2D eigenvalue weighted by molar-refractivity contribution is 0.480. The average Bonchev–Trinajstić information content (AvgIpc) is 2.74. The van der Waals surface area contributed by atoms with Crippen molar-refractivity contribution in [3.8, 4) is 11.8 Å². The molecule has 28 heavy (non-hydrogen) atoms. The molecule has 0 spiro atoms. The van der Waals surface area contributed by atoms with E-state index in [1.54, 1.807) is 60.8 Å². The highest BCUT2D eigenvalue weighted by atomic mass is 35.5. The van der Waals surface area contributed by atoms with E-state index >= 15 is 0 Å². The molecule has 1 aromatic heterocycles. The number of rotatable bonds is 2. The van der Waals surface area contributed by atoms with Crippen LogP contribution in [0.1, 0.15) is 5.56 Å². The van der Waals surface area contributed by atoms with Gasteiger partial charge in [-0.1, -0.05) is 54.1 Å². The average molecular weight is 387 g/mol. The molecule has 0 aliphatic rings. The number of halogens is 1. The summed E-state index contributed by atoms with van der Waals surface area (Å²) in [5, 5.41) is 29.7. The van der Waals surface area contributed by atoms with Crippen molar-refractivity contribution in [1.82, 2.24) is 4.98 Å². The highest BCUT2D eigenvalue weighted by molar-refractivity contribution is 6.79. The number of fused-ring (bicyclic) bond motifs is 1. The molecule has 3 aromatic carbocycles. The van der Waals surface area contributed by atoms with E-state index in [0.717, 1.165) is 16.3 Å². The fourth-order valence-electron chi connectivity index (χ4n) is 2.70. The second kappa shape index (κ2) is 9.05. The molecule has 136 valence electrons. The first-order valence-electron chi connectivity index (χ1n) is 8.55. The minimum atomic E-state index is -0.721. The van der Waals surface area contributed by atoms with Crippen molar-refractivity contribution in [3.63, 3.8) is 0 Å². The van der Waals surface area contributed by atoms with Gasteiger partial charge in [-0.3, -0.25) is 4.98 Å². The topological polar surface area (TPSA) is 77.1 Å². The molecule has 4 aromatic rings. The quantitative estimate of drug-likeness (QED) is 0.518. The normalized spacial score (nSPS) is 9.89. The minimum absolute atomic E-state index is 0.239. The Labute approximate surface area is 168 Å². The first kappa shape index (κ1) is 19.4. The van der Waals surface area contributed by atoms with E-state index in [4.69, 9.17) is 16.9 Å². The molecule has 0 fully saturated rings. The van der Waals surface area contributed by atoms with Crippen molar-refractivity contribution < 1.29 is 10.1 Å². The maximum absolute atomic E-state index is 10.1. The minimum Gasteiger partial charge on any atom is -0.506 e. The highest BCUT2D eigenvalue weighted by Gasteiger charge is 2.16. The monoisotopic (exact) mass is 386 g/mol. The number of benzene rings is 3. The predicted molar refractivity (Wildman–Crippen MR) is 113 cm³/mol. The molecule has 0 aliphatic heterocycles. The van der Waals surface area contributed by atoms with Crippen molar-refractivity contribution >= 4 is 40.3 Å². The van der Waals surface area contributed by atoms with E-state index in [-0.39, 0.29) is 5.75 Å². The molecule has 4 rings (SSSR count). The molecule has 0 unspecified atom stereocenters. The summed E-state index contributed by atoms with van der Waals surface area (Å²) in [6.45, 7) is -0.721. The Morgan fingerprint density at radius 3 is 2.29 bits per heavy atom. The summed E-state index contributed by atoms with van der Waals surface area (Å²) in [5.41, 5.74) is 2.72. The van der Waals surface area contributed by atoms with Gasteiger partial charge in [0, 0.05) is 16.6 Å². The van der Waals surface area contributed by atoms with Gasteiger partial charge in [0.2, 0.25) is 0 Å². The van der Waals surface area contributed by atoms with Crippen LogP contribution in [0.5, 0.6) is 5.75 Å². The van der Waals surface area contributed by atoms with Crippen LogP contribution in [0.2, 0.25) is 5.02 Å². The molecule has 0 atom stereocenters. The Balaban J connectivity index is 0.000000176. The Morgan fingerprint density at radius 1 is 0.893 bits per heavy atom. The second-order valence-corrected chi connectivity index (χ2v) is 6.48. The van der Waals surface area contributed by atoms with Gasteiger partial charge in [-0.25, -0.2) is 0 Å². The first-order chi connectivity index (χ1) is 13.6. The molecule has 0 bridgehead atoms. The number of phenols is 1. The van der Waals surface area contributed by atoms with Crippen LogP contribution < -0.4 is 10.9 Å². The third kappa shape index (κ3) is 4.69. The van der Waals surface area contributed by atoms with Crippen molar-refractivity contribution in [2.24, 2.45) is 0 Å². The number of aromatic nitrogens is 1. The Morgan fingerprint density at radius 2 is 1.61 bits per heavy atom. The lowest BCUT2D eigenvalue weighted by atomic mass is 9.56. The Bertz CT molecular complexity index is 1120. The van der Waals surface area contributed by atoms with Crippen LogP contribution in [0.3, 0.4) is 0 Å². The summed E-state index contributed by atoms with van der Waals surface area (Å²) in [5.74, 6) is 0.239. The molecule has 0 amide bonds. The molecule has 0 radical (unpaired) electrons. The number of aromatic hydroxyl groups is 1. The molecular formula is C22H16BClN2O2. The van der Waals surface area contributed by atoms with Gasteiger partial charge in [0.1, 0.15) is 11.3 Å². The van der Waals surface area contributed by atoms with E-state index in [1.807, 2.05) is 30.3 Å². The summed E-state index contributed by atoms with van der Waals surface area (Å²) < 4.78 is 0. The molecule has 4 nitrogen and oxygen atoms in total. The van der Waals surface area contributed by atoms with Crippen molar-refractivity contribution in [2.45, 2.75) is 0 Å². The predicted octanol–water partition coefficient (Wildman–Crippen LogP) is 3.25. The Hall–Kier alpha value is -3.33. The largest absolute Gasteiger partial charge is 0.506 e. The number of pyridine rings is 1. The molecule has 6 heteroatoms. The molecular weight excluding hydrogens is 371 g/mol. The van der Waals surface area contributed by atoms with E-state index in [0.29, 0.717) is 16.1 Å². The van der Waals surface area contributed by atoms with Crippen LogP contribution in [0, 0.1) is 11.3 Å². The zero-order chi connectivity index (χ0) is 19.9. The van der Waals surface area contributed by atoms with Gasteiger partial charge >= 0.3 is 6.92 Å². The maximum atomic E-state index is 10.1. The van der Waals surface area contributed by atoms with Crippen LogP contribution >= 0.6 is 11.6 Å². The standard InChI is InChI=1S/C13H9BClNO.C9H7NO/c15-13-3-1-2-12(8-13)14(17)11-6-4-10(9-16)5-7-11;11-8-5-1-3-7-4-2-6-10-9(7)8/h1-8,17H;1-6,11H. The molecule has 0 saturated heterocycles. The maximum Gasteiger partial charge on any atom is 0.359 e. The first-order valence-corrected chi connectivity index (χ1v) is 8.92. The lowest BCUT2D eigenvalue weighted by Gasteiger charge is -2.07. The number of para-hydroxylation sites is 1. The summed E-state index contributed by atoms with van der Waals surface area (Å²) in [6, 6.07) is 25.1. The van der Waals surface area contributed by atoms with E-state index < -0.39 is 6.92 Å². The third-order valence-corrected chi connectivity index (χ3v) is 4.37. The number of nitrogens with zero attached hydrogens (tertiary/aromatic N) is 2. The summed E-state index contributed by atoms with van der Waals surface area (Å²) in [4.78, 5) is 4.03. The van der Waals surface area contributed by atoms with Crippen molar-refractivity contribution in [2.75, 3.05) is 0 Å². The summed E-state index contributed by atoms with van der Waals surface area (Å²) >= 11 is 5.87. The van der Waals surface area contributed by atoms with Crippen LogP contribution in [-0.2, 0) is 0 Å². The number of hydrogen-bond acceptors (Lipinski definition) is 4. The van der Waals surface area contributed by atoms with Crippen LogP contribution in [0.4, 0.5) is 0 Å².